The van der Waals surface area contributed by atoms with Crippen molar-refractivity contribution in [2.45, 2.75) is 13.8 Å². The molecule has 1 nitrogen and oxygen atoms in total. The van der Waals surface area contributed by atoms with Crippen LogP contribution in [0.5, 0.6) is 0 Å². The highest BCUT2D eigenvalue weighted by atomic mass is 16.2. The van der Waals surface area contributed by atoms with Crippen LogP contribution >= 0.6 is 0 Å². The molecular weight excluding hydrogens is 100 g/mol. The minimum atomic E-state index is 0.534. The van der Waals surface area contributed by atoms with E-state index in [2.05, 4.69) is 13.8 Å². The van der Waals surface area contributed by atoms with Crippen LogP contribution in [0.2, 0.25) is 0 Å². The summed E-state index contributed by atoms with van der Waals surface area (Å²) in [6.45, 7) is 4.13. The average molecular weight is 111 g/mol. The van der Waals surface area contributed by atoms with Gasteiger partial charge in [0.05, 0.1) is 0 Å². The van der Waals surface area contributed by atoms with Gasteiger partial charge >= 0.3 is 0 Å². The van der Waals surface area contributed by atoms with Crippen LogP contribution < -0.4 is 0 Å². The van der Waals surface area contributed by atoms with Gasteiger partial charge in [-0.25, -0.2) is 0 Å². The molecule has 0 aromatic rings. The van der Waals surface area contributed by atoms with Gasteiger partial charge in [0, 0.05) is 0 Å². The molecule has 0 unspecified atom stereocenters. The van der Waals surface area contributed by atoms with Crippen LogP contribution in [0.4, 0.5) is 0 Å². The zero-order chi connectivity index (χ0) is 6.41. The molecule has 0 aromatic heterocycles. The van der Waals surface area contributed by atoms with E-state index < -0.39 is 0 Å². The average Bonchev–Trinajstić information content (AvgIpc) is 1.66. The first-order valence-electron chi connectivity index (χ1n) is 2.72. The van der Waals surface area contributed by atoms with Crippen LogP contribution in [0.15, 0.2) is 24.5 Å². The van der Waals surface area contributed by atoms with Crippen molar-refractivity contribution in [3.05, 3.63) is 24.5 Å². The second-order valence-corrected chi connectivity index (χ2v) is 1.96. The third kappa shape index (κ3) is 5.28. The van der Waals surface area contributed by atoms with Gasteiger partial charge in [0.25, 0.3) is 0 Å². The summed E-state index contributed by atoms with van der Waals surface area (Å²) in [7, 11) is 0. The zero-order valence-electron chi connectivity index (χ0n) is 5.29. The molecule has 45 valence electrons. The molecule has 8 heavy (non-hydrogen) atoms. The van der Waals surface area contributed by atoms with Crippen molar-refractivity contribution in [3.8, 4) is 0 Å². The number of hydrogen-bond donors (Lipinski definition) is 0. The van der Waals surface area contributed by atoms with Crippen LogP contribution in [-0.2, 0) is 5.11 Å². The predicted octanol–water partition coefficient (Wildman–Crippen LogP) is 2.14. The molecule has 0 aliphatic rings. The Morgan fingerprint density at radius 3 is 2.25 bits per heavy atom. The summed E-state index contributed by atoms with van der Waals surface area (Å²) in [5, 5.41) is 9.68. The van der Waals surface area contributed by atoms with Gasteiger partial charge in [-0.15, -0.1) is 0 Å². The third-order valence-corrected chi connectivity index (χ3v) is 0.686. The Kier molecular flexibility index (Phi) is 4.04. The molecule has 0 atom stereocenters. The van der Waals surface area contributed by atoms with E-state index in [-0.39, 0.29) is 0 Å². The lowest BCUT2D eigenvalue weighted by molar-refractivity contribution is 0.352. The summed E-state index contributed by atoms with van der Waals surface area (Å²) < 4.78 is 0. The van der Waals surface area contributed by atoms with Gasteiger partial charge in [-0.2, -0.15) is 0 Å². The maximum Gasteiger partial charge on any atom is 0.142 e. The molecule has 1 heteroatoms. The monoisotopic (exact) mass is 111 g/mol. The first kappa shape index (κ1) is 7.28. The van der Waals surface area contributed by atoms with Gasteiger partial charge in [-0.05, 0) is 12.0 Å². The van der Waals surface area contributed by atoms with Crippen molar-refractivity contribution < 1.29 is 5.11 Å². The fraction of sp³-hybridized carbons (Fsp3) is 0.429. The smallest absolute Gasteiger partial charge is 0.142 e. The molecule has 0 amide bonds. The standard InChI is InChI=1S/C7H11O/c1-7(2)5-3-4-6-8/h3-7H,1-2H3. The van der Waals surface area contributed by atoms with Gasteiger partial charge in [0.2, 0.25) is 0 Å². The highest BCUT2D eigenvalue weighted by molar-refractivity contribution is 4.99. The largest absolute Gasteiger partial charge is 0.299 e. The fourth-order valence-corrected chi connectivity index (χ4v) is 0.332. The lowest BCUT2D eigenvalue weighted by Crippen LogP contribution is -1.74. The molecule has 0 aliphatic carbocycles. The Hall–Kier alpha value is -0.720. The van der Waals surface area contributed by atoms with Crippen LogP contribution in [0.3, 0.4) is 0 Å². The maximum atomic E-state index is 9.68. The quantitative estimate of drug-likeness (QED) is 0.384. The summed E-state index contributed by atoms with van der Waals surface area (Å²) >= 11 is 0. The van der Waals surface area contributed by atoms with E-state index in [1.165, 1.54) is 6.08 Å². The van der Waals surface area contributed by atoms with Crippen LogP contribution in [0, 0.1) is 5.92 Å². The molecule has 0 heterocycles. The van der Waals surface area contributed by atoms with Gasteiger partial charge in [0.15, 0.2) is 0 Å². The number of hydrogen-bond acceptors (Lipinski definition) is 0. The zero-order valence-corrected chi connectivity index (χ0v) is 5.29. The minimum absolute atomic E-state index is 0.534. The van der Waals surface area contributed by atoms with Crippen LogP contribution in [0.1, 0.15) is 13.8 Å². The Labute approximate surface area is 50.3 Å². The van der Waals surface area contributed by atoms with Gasteiger partial charge in [0.1, 0.15) is 6.26 Å². The van der Waals surface area contributed by atoms with E-state index in [4.69, 9.17) is 0 Å². The summed E-state index contributed by atoms with van der Waals surface area (Å²) in [5.74, 6) is 0.534. The third-order valence-electron chi connectivity index (χ3n) is 0.686. The summed E-state index contributed by atoms with van der Waals surface area (Å²) in [6, 6.07) is 0. The van der Waals surface area contributed by atoms with Gasteiger partial charge in [-0.1, -0.05) is 26.0 Å². The fourth-order valence-electron chi connectivity index (χ4n) is 0.332. The minimum Gasteiger partial charge on any atom is -0.299 e. The van der Waals surface area contributed by atoms with Crippen LogP contribution in [0.25, 0.3) is 0 Å². The highest BCUT2D eigenvalue weighted by Crippen LogP contribution is 1.92. The maximum absolute atomic E-state index is 9.68. The Morgan fingerprint density at radius 1 is 1.25 bits per heavy atom. The van der Waals surface area contributed by atoms with E-state index in [1.54, 1.807) is 6.08 Å². The molecule has 0 fully saturated rings. The molecule has 1 radical (unpaired) electrons. The Bertz CT molecular complexity index is 90.6. The summed E-state index contributed by atoms with van der Waals surface area (Å²) in [4.78, 5) is 0. The lowest BCUT2D eigenvalue weighted by atomic mass is 10.2. The molecule has 0 aromatic carbocycles. The van der Waals surface area contributed by atoms with Gasteiger partial charge in [-0.3, -0.25) is 5.11 Å². The normalized spacial score (nSPS) is 12.4. The number of allylic oxidation sites excluding steroid dienone is 3. The topological polar surface area (TPSA) is 19.9 Å². The van der Waals surface area contributed by atoms with Crippen molar-refractivity contribution in [2.24, 2.45) is 5.92 Å². The second-order valence-electron chi connectivity index (χ2n) is 1.96. The highest BCUT2D eigenvalue weighted by Gasteiger charge is 1.78. The molecule has 0 spiro atoms. The Morgan fingerprint density at radius 2 is 1.88 bits per heavy atom. The van der Waals surface area contributed by atoms with Crippen molar-refractivity contribution in [2.75, 3.05) is 0 Å². The van der Waals surface area contributed by atoms with E-state index >= 15 is 0 Å². The van der Waals surface area contributed by atoms with E-state index in [0.717, 1.165) is 6.26 Å². The predicted molar refractivity (Wildman–Crippen MR) is 33.8 cm³/mol. The molecular formula is C7H11O. The SMILES string of the molecule is CC(C)C=CC=C[O]. The second kappa shape index (κ2) is 4.44. The molecule has 0 N–H and O–H groups in total. The van der Waals surface area contributed by atoms with Crippen LogP contribution in [-0.4, -0.2) is 0 Å². The van der Waals surface area contributed by atoms with Crippen molar-refractivity contribution in [1.82, 2.24) is 0 Å². The van der Waals surface area contributed by atoms with E-state index in [0.29, 0.717) is 5.92 Å². The number of rotatable bonds is 2. The van der Waals surface area contributed by atoms with Gasteiger partial charge < -0.3 is 0 Å². The first-order chi connectivity index (χ1) is 3.77. The summed E-state index contributed by atoms with van der Waals surface area (Å²) in [6.07, 6.45) is 5.99. The molecule has 0 rings (SSSR count). The molecule has 0 saturated carbocycles. The lowest BCUT2D eigenvalue weighted by Gasteiger charge is -1.87. The van der Waals surface area contributed by atoms with E-state index in [9.17, 15) is 5.11 Å². The van der Waals surface area contributed by atoms with E-state index in [1.807, 2.05) is 6.08 Å². The first-order valence-corrected chi connectivity index (χ1v) is 2.72. The van der Waals surface area contributed by atoms with Crippen molar-refractivity contribution in [1.29, 1.82) is 0 Å². The molecule has 0 aliphatic heterocycles. The van der Waals surface area contributed by atoms with Crippen molar-refractivity contribution >= 4 is 0 Å². The molecule has 0 saturated heterocycles. The van der Waals surface area contributed by atoms with Crippen molar-refractivity contribution in [3.63, 3.8) is 0 Å². The Balaban J connectivity index is 3.34. The molecule has 0 bridgehead atoms. The summed E-state index contributed by atoms with van der Waals surface area (Å²) in [5.41, 5.74) is 0.